The van der Waals surface area contributed by atoms with Gasteiger partial charge in [0.05, 0.1) is 10.7 Å². The summed E-state index contributed by atoms with van der Waals surface area (Å²) in [5.74, 6) is -0.0581. The van der Waals surface area contributed by atoms with Crippen molar-refractivity contribution in [2.75, 3.05) is 23.3 Å². The molecule has 1 aliphatic heterocycles. The molecule has 0 unspecified atom stereocenters. The predicted octanol–water partition coefficient (Wildman–Crippen LogP) is 4.77. The molecule has 2 aromatic rings. The number of aryl methyl sites for hydroxylation is 1. The van der Waals surface area contributed by atoms with Gasteiger partial charge in [0.25, 0.3) is 0 Å². The summed E-state index contributed by atoms with van der Waals surface area (Å²) >= 11 is 12.0. The van der Waals surface area contributed by atoms with Gasteiger partial charge in [0.2, 0.25) is 5.91 Å². The number of carbonyl (C=O) groups is 1. The number of fused-ring (bicyclic) bond motifs is 1. The number of anilines is 2. The maximum absolute atomic E-state index is 12.2. The Bertz CT molecular complexity index is 718. The van der Waals surface area contributed by atoms with Crippen LogP contribution in [0.2, 0.25) is 10.0 Å². The molecule has 120 valence electrons. The molecule has 0 spiro atoms. The Hall–Kier alpha value is -1.71. The van der Waals surface area contributed by atoms with E-state index in [1.807, 2.05) is 6.07 Å². The molecular weight excluding hydrogens is 331 g/mol. The van der Waals surface area contributed by atoms with Gasteiger partial charge in [0, 0.05) is 30.2 Å². The Morgan fingerprint density at radius 2 is 2.00 bits per heavy atom. The number of amides is 1. The van der Waals surface area contributed by atoms with Crippen molar-refractivity contribution in [3.63, 3.8) is 0 Å². The maximum Gasteiger partial charge on any atom is 0.226 e. The van der Waals surface area contributed by atoms with Gasteiger partial charge in [-0.2, -0.15) is 0 Å². The van der Waals surface area contributed by atoms with Crippen molar-refractivity contribution < 1.29 is 4.79 Å². The Morgan fingerprint density at radius 1 is 1.17 bits per heavy atom. The van der Waals surface area contributed by atoms with Crippen LogP contribution in [0.3, 0.4) is 0 Å². The van der Waals surface area contributed by atoms with Gasteiger partial charge >= 0.3 is 0 Å². The van der Waals surface area contributed by atoms with Crippen molar-refractivity contribution in [2.24, 2.45) is 0 Å². The number of nitrogens with one attached hydrogen (secondary N) is 1. The largest absolute Gasteiger partial charge is 0.371 e. The highest BCUT2D eigenvalue weighted by Crippen LogP contribution is 2.27. The minimum absolute atomic E-state index is 0.0581. The Kier molecular flexibility index (Phi) is 5.09. The van der Waals surface area contributed by atoms with E-state index in [1.165, 1.54) is 11.3 Å². The number of para-hydroxylation sites is 1. The molecule has 1 heterocycles. The summed E-state index contributed by atoms with van der Waals surface area (Å²) in [6.07, 6.45) is 2.65. The summed E-state index contributed by atoms with van der Waals surface area (Å²) in [6.45, 7) is 1.68. The highest BCUT2D eigenvalue weighted by atomic mass is 35.5. The lowest BCUT2D eigenvalue weighted by atomic mass is 10.0. The molecule has 0 aliphatic carbocycles. The van der Waals surface area contributed by atoms with Crippen molar-refractivity contribution in [1.82, 2.24) is 0 Å². The molecule has 3 nitrogen and oxygen atoms in total. The quantitative estimate of drug-likeness (QED) is 0.862. The highest BCUT2D eigenvalue weighted by molar-refractivity contribution is 6.35. The maximum atomic E-state index is 12.2. The number of halogens is 2. The van der Waals surface area contributed by atoms with Crippen molar-refractivity contribution in [3.05, 3.63) is 58.1 Å². The lowest BCUT2D eigenvalue weighted by Gasteiger charge is -2.31. The highest BCUT2D eigenvalue weighted by Gasteiger charge is 2.17. The van der Waals surface area contributed by atoms with Gasteiger partial charge in [0.1, 0.15) is 0 Å². The molecule has 0 bridgehead atoms. The van der Waals surface area contributed by atoms with Crippen LogP contribution in [0.1, 0.15) is 18.4 Å². The molecule has 0 saturated carbocycles. The lowest BCUT2D eigenvalue weighted by Crippen LogP contribution is -2.32. The van der Waals surface area contributed by atoms with E-state index in [-0.39, 0.29) is 5.91 Å². The Morgan fingerprint density at radius 3 is 2.87 bits per heavy atom. The molecule has 1 N–H and O–H groups in total. The summed E-state index contributed by atoms with van der Waals surface area (Å²) in [7, 11) is 0. The first-order valence-corrected chi connectivity index (χ1v) is 8.47. The molecule has 0 fully saturated rings. The average Bonchev–Trinajstić information content (AvgIpc) is 2.56. The molecule has 23 heavy (non-hydrogen) atoms. The summed E-state index contributed by atoms with van der Waals surface area (Å²) in [5.41, 5.74) is 3.16. The number of benzene rings is 2. The second kappa shape index (κ2) is 7.24. The molecule has 5 heteroatoms. The zero-order chi connectivity index (χ0) is 16.2. The molecule has 0 aromatic heterocycles. The molecule has 0 atom stereocenters. The third-order valence-corrected chi connectivity index (χ3v) is 4.58. The molecule has 1 aliphatic rings. The van der Waals surface area contributed by atoms with Crippen LogP contribution in [0.4, 0.5) is 11.4 Å². The first-order valence-electron chi connectivity index (χ1n) is 7.71. The topological polar surface area (TPSA) is 32.3 Å². The summed E-state index contributed by atoms with van der Waals surface area (Å²) in [5, 5.41) is 3.87. The fourth-order valence-corrected chi connectivity index (χ4v) is 3.22. The predicted molar refractivity (Wildman–Crippen MR) is 96.7 cm³/mol. The van der Waals surface area contributed by atoms with E-state index in [0.717, 1.165) is 19.4 Å². The normalized spacial score (nSPS) is 13.6. The summed E-state index contributed by atoms with van der Waals surface area (Å²) in [4.78, 5) is 14.5. The minimum atomic E-state index is -0.0581. The van der Waals surface area contributed by atoms with Crippen molar-refractivity contribution >= 4 is 40.5 Å². The van der Waals surface area contributed by atoms with Crippen molar-refractivity contribution in [2.45, 2.75) is 19.3 Å². The van der Waals surface area contributed by atoms with Crippen molar-refractivity contribution in [1.29, 1.82) is 0 Å². The molecular formula is C18H18Cl2N2O. The van der Waals surface area contributed by atoms with Crippen LogP contribution in [0.25, 0.3) is 0 Å². The zero-order valence-corrected chi connectivity index (χ0v) is 14.2. The van der Waals surface area contributed by atoms with Gasteiger partial charge < -0.3 is 10.2 Å². The third kappa shape index (κ3) is 3.98. The van der Waals surface area contributed by atoms with Crippen LogP contribution >= 0.6 is 23.2 Å². The van der Waals surface area contributed by atoms with E-state index in [0.29, 0.717) is 28.7 Å². The standard InChI is InChI=1S/C18H18Cl2N2O/c19-14-7-8-15(20)16(12-14)21-18(23)9-11-22-10-3-5-13-4-1-2-6-17(13)22/h1-2,4,6-8,12H,3,5,9-11H2,(H,21,23). The van der Waals surface area contributed by atoms with E-state index in [1.54, 1.807) is 18.2 Å². The van der Waals surface area contributed by atoms with Crippen LogP contribution in [-0.2, 0) is 11.2 Å². The fraction of sp³-hybridized carbons (Fsp3) is 0.278. The smallest absolute Gasteiger partial charge is 0.226 e. The van der Waals surface area contributed by atoms with E-state index >= 15 is 0 Å². The van der Waals surface area contributed by atoms with Gasteiger partial charge in [-0.3, -0.25) is 4.79 Å². The SMILES string of the molecule is O=C(CCN1CCCc2ccccc21)Nc1cc(Cl)ccc1Cl. The number of hydrogen-bond acceptors (Lipinski definition) is 2. The number of hydrogen-bond donors (Lipinski definition) is 1. The molecule has 0 radical (unpaired) electrons. The Balaban J connectivity index is 1.61. The average molecular weight is 349 g/mol. The first kappa shape index (κ1) is 16.2. The minimum Gasteiger partial charge on any atom is -0.371 e. The van der Waals surface area contributed by atoms with Gasteiger partial charge in [0.15, 0.2) is 0 Å². The van der Waals surface area contributed by atoms with Crippen LogP contribution in [-0.4, -0.2) is 19.0 Å². The lowest BCUT2D eigenvalue weighted by molar-refractivity contribution is -0.116. The van der Waals surface area contributed by atoms with Gasteiger partial charge in [-0.1, -0.05) is 41.4 Å². The zero-order valence-electron chi connectivity index (χ0n) is 12.7. The van der Waals surface area contributed by atoms with E-state index in [4.69, 9.17) is 23.2 Å². The fourth-order valence-electron chi connectivity index (χ4n) is 2.89. The molecule has 0 saturated heterocycles. The third-order valence-electron chi connectivity index (χ3n) is 4.02. The van der Waals surface area contributed by atoms with Gasteiger partial charge in [-0.05, 0) is 42.7 Å². The Labute approximate surface area is 146 Å². The number of nitrogens with zero attached hydrogens (tertiary/aromatic N) is 1. The molecule has 1 amide bonds. The van der Waals surface area contributed by atoms with E-state index in [9.17, 15) is 4.79 Å². The van der Waals surface area contributed by atoms with Crippen molar-refractivity contribution in [3.8, 4) is 0 Å². The van der Waals surface area contributed by atoms with Crippen LogP contribution < -0.4 is 10.2 Å². The van der Waals surface area contributed by atoms with E-state index < -0.39 is 0 Å². The molecule has 2 aromatic carbocycles. The van der Waals surface area contributed by atoms with Crippen LogP contribution in [0, 0.1) is 0 Å². The van der Waals surface area contributed by atoms with Crippen LogP contribution in [0.5, 0.6) is 0 Å². The monoisotopic (exact) mass is 348 g/mol. The number of carbonyl (C=O) groups excluding carboxylic acids is 1. The van der Waals surface area contributed by atoms with Gasteiger partial charge in [-0.25, -0.2) is 0 Å². The number of rotatable bonds is 4. The second-order valence-electron chi connectivity index (χ2n) is 5.64. The summed E-state index contributed by atoms with van der Waals surface area (Å²) < 4.78 is 0. The van der Waals surface area contributed by atoms with Gasteiger partial charge in [-0.15, -0.1) is 0 Å². The van der Waals surface area contributed by atoms with E-state index in [2.05, 4.69) is 28.4 Å². The second-order valence-corrected chi connectivity index (χ2v) is 6.49. The first-order chi connectivity index (χ1) is 11.1. The molecule has 3 rings (SSSR count). The van der Waals surface area contributed by atoms with Crippen LogP contribution in [0.15, 0.2) is 42.5 Å². The summed E-state index contributed by atoms with van der Waals surface area (Å²) in [6, 6.07) is 13.4.